The van der Waals surface area contributed by atoms with Gasteiger partial charge in [0.25, 0.3) is 5.91 Å². The van der Waals surface area contributed by atoms with Gasteiger partial charge < -0.3 is 19.3 Å². The Hall–Kier alpha value is -4.14. The van der Waals surface area contributed by atoms with Gasteiger partial charge in [-0.05, 0) is 53.4 Å². The van der Waals surface area contributed by atoms with E-state index in [-0.39, 0.29) is 12.5 Å². The number of hydrazine groups is 1. The topological polar surface area (TPSA) is 101 Å². The quantitative estimate of drug-likeness (QED) is 0.189. The normalized spacial score (nSPS) is 18.3. The molecular formula is C33H39N3O5. The van der Waals surface area contributed by atoms with Crippen LogP contribution in [0.15, 0.2) is 89.9 Å². The van der Waals surface area contributed by atoms with E-state index in [2.05, 4.69) is 24.7 Å². The molecule has 0 bridgehead atoms. The number of hydrogen-bond donors (Lipinski definition) is 3. The van der Waals surface area contributed by atoms with Crippen molar-refractivity contribution in [2.24, 2.45) is 10.9 Å². The number of aliphatic hydroxyl groups excluding tert-OH is 1. The summed E-state index contributed by atoms with van der Waals surface area (Å²) < 4.78 is 17.7. The number of nitrogens with one attached hydrogen (secondary N) is 2. The molecule has 8 nitrogen and oxygen atoms in total. The second kappa shape index (κ2) is 14.5. The van der Waals surface area contributed by atoms with Crippen LogP contribution in [0.1, 0.15) is 49.5 Å². The van der Waals surface area contributed by atoms with Crippen LogP contribution in [-0.4, -0.2) is 49.3 Å². The lowest BCUT2D eigenvalue weighted by atomic mass is 9.84. The molecule has 41 heavy (non-hydrogen) atoms. The summed E-state index contributed by atoms with van der Waals surface area (Å²) in [6.45, 7) is 5.25. The highest BCUT2D eigenvalue weighted by atomic mass is 16.5. The van der Waals surface area contributed by atoms with Gasteiger partial charge in [-0.1, -0.05) is 68.5 Å². The Morgan fingerprint density at radius 3 is 2.56 bits per heavy atom. The third-order valence-electron chi connectivity index (χ3n) is 6.68. The Morgan fingerprint density at radius 2 is 1.85 bits per heavy atom. The molecular weight excluding hydrogens is 518 g/mol. The summed E-state index contributed by atoms with van der Waals surface area (Å²) in [4.78, 5) is 19.1. The van der Waals surface area contributed by atoms with Crippen molar-refractivity contribution < 1.29 is 24.1 Å². The van der Waals surface area contributed by atoms with Gasteiger partial charge in [-0.15, -0.1) is 0 Å². The number of methoxy groups -OCH3 is 1. The molecule has 3 N–H and O–H groups in total. The average molecular weight is 558 g/mol. The number of benzene rings is 3. The first-order valence-corrected chi connectivity index (χ1v) is 13.9. The smallest absolute Gasteiger partial charge is 0.266 e. The van der Waals surface area contributed by atoms with E-state index in [1.54, 1.807) is 7.11 Å². The van der Waals surface area contributed by atoms with Crippen LogP contribution >= 0.6 is 0 Å². The highest BCUT2D eigenvalue weighted by molar-refractivity contribution is 6.01. The first-order chi connectivity index (χ1) is 19.9. The zero-order valence-corrected chi connectivity index (χ0v) is 23.9. The number of hydrogen-bond acceptors (Lipinski definition) is 7. The van der Waals surface area contributed by atoms with Gasteiger partial charge in [0.05, 0.1) is 13.7 Å². The van der Waals surface area contributed by atoms with E-state index >= 15 is 0 Å². The molecule has 0 spiro atoms. The number of carbonyl (C=O) groups excluding carboxylic acids is 1. The van der Waals surface area contributed by atoms with Crippen LogP contribution in [-0.2, 0) is 9.53 Å². The summed E-state index contributed by atoms with van der Waals surface area (Å²) in [5.41, 5.74) is 7.20. The number of aliphatic hydroxyl groups is 1. The minimum Gasteiger partial charge on any atom is -0.497 e. The monoisotopic (exact) mass is 557 g/mol. The maximum atomic E-state index is 14.0. The first-order valence-electron chi connectivity index (χ1n) is 13.9. The molecule has 0 radical (unpaired) electrons. The van der Waals surface area contributed by atoms with E-state index in [4.69, 9.17) is 24.3 Å². The molecule has 1 aliphatic rings. The SMILES string of the molecule is COc1cccc([C@@H]2OC(c3ccc(OCCCO)cc3)=N[C@]2(C/C=C/c2ccccc2)C(=O)NNCC(C)C)c1. The number of ether oxygens (including phenoxy) is 3. The summed E-state index contributed by atoms with van der Waals surface area (Å²) in [5.74, 6) is 1.76. The van der Waals surface area contributed by atoms with Crippen LogP contribution in [0.3, 0.4) is 0 Å². The number of nitrogens with zero attached hydrogens (tertiary/aromatic N) is 1. The Bertz CT molecular complexity index is 1320. The lowest BCUT2D eigenvalue weighted by Gasteiger charge is -2.30. The van der Waals surface area contributed by atoms with Gasteiger partial charge in [-0.25, -0.2) is 10.4 Å². The maximum absolute atomic E-state index is 14.0. The molecule has 0 unspecified atom stereocenters. The van der Waals surface area contributed by atoms with E-state index < -0.39 is 11.6 Å². The average Bonchev–Trinajstić information content (AvgIpc) is 3.39. The summed E-state index contributed by atoms with van der Waals surface area (Å²) in [7, 11) is 1.61. The Balaban J connectivity index is 1.73. The van der Waals surface area contributed by atoms with Gasteiger partial charge in [-0.2, -0.15) is 0 Å². The van der Waals surface area contributed by atoms with E-state index in [9.17, 15) is 4.79 Å². The van der Waals surface area contributed by atoms with Crippen LogP contribution in [0, 0.1) is 5.92 Å². The molecule has 216 valence electrons. The van der Waals surface area contributed by atoms with Crippen molar-refractivity contribution in [3.05, 3.63) is 102 Å². The molecule has 2 atom stereocenters. The molecule has 0 saturated heterocycles. The van der Waals surface area contributed by atoms with Gasteiger partial charge in [-0.3, -0.25) is 10.2 Å². The van der Waals surface area contributed by atoms with Crippen molar-refractivity contribution in [3.63, 3.8) is 0 Å². The summed E-state index contributed by atoms with van der Waals surface area (Å²) in [6.07, 6.45) is 4.10. The molecule has 0 saturated carbocycles. The maximum Gasteiger partial charge on any atom is 0.266 e. The molecule has 0 fully saturated rings. The fourth-order valence-electron chi connectivity index (χ4n) is 4.50. The molecule has 1 amide bonds. The molecule has 0 aromatic heterocycles. The number of aliphatic imine (C=N–C) groups is 1. The van der Waals surface area contributed by atoms with Crippen LogP contribution in [0.25, 0.3) is 6.08 Å². The van der Waals surface area contributed by atoms with Crippen molar-refractivity contribution in [1.29, 1.82) is 0 Å². The minimum atomic E-state index is -1.30. The largest absolute Gasteiger partial charge is 0.497 e. The van der Waals surface area contributed by atoms with Crippen molar-refractivity contribution in [3.8, 4) is 11.5 Å². The lowest BCUT2D eigenvalue weighted by Crippen LogP contribution is -2.53. The van der Waals surface area contributed by atoms with Gasteiger partial charge in [0.2, 0.25) is 5.90 Å². The zero-order chi connectivity index (χ0) is 29.1. The van der Waals surface area contributed by atoms with Gasteiger partial charge in [0.1, 0.15) is 11.5 Å². The van der Waals surface area contributed by atoms with Crippen LogP contribution in [0.4, 0.5) is 0 Å². The Kier molecular flexibility index (Phi) is 10.5. The second-order valence-corrected chi connectivity index (χ2v) is 10.3. The van der Waals surface area contributed by atoms with Crippen molar-refractivity contribution in [2.45, 2.75) is 38.3 Å². The first kappa shape index (κ1) is 29.8. The molecule has 0 aliphatic carbocycles. The van der Waals surface area contributed by atoms with E-state index in [1.165, 1.54) is 0 Å². The standard InChI is InChI=1S/C33H39N3O5/c1-24(2)23-34-36-32(38)33(19-8-12-25-10-5-4-6-11-25)30(27-13-7-14-29(22-27)39-3)41-31(35-33)26-15-17-28(18-16-26)40-21-9-20-37/h4-8,10-18,22,24,30,34,37H,9,19-21,23H2,1-3H3,(H,36,38)/b12-8+/t30-,33-/m0/s1. The third kappa shape index (κ3) is 7.74. The molecule has 8 heteroatoms. The van der Waals surface area contributed by atoms with Crippen molar-refractivity contribution >= 4 is 17.9 Å². The molecule has 4 rings (SSSR count). The van der Waals surface area contributed by atoms with Gasteiger partial charge >= 0.3 is 0 Å². The number of carbonyl (C=O) groups is 1. The molecule has 3 aromatic rings. The highest BCUT2D eigenvalue weighted by Gasteiger charge is 2.52. The summed E-state index contributed by atoms with van der Waals surface area (Å²) in [5, 5.41) is 9.02. The van der Waals surface area contributed by atoms with Crippen LogP contribution < -0.4 is 20.3 Å². The summed E-state index contributed by atoms with van der Waals surface area (Å²) in [6, 6.07) is 24.9. The van der Waals surface area contributed by atoms with E-state index in [0.29, 0.717) is 49.3 Å². The van der Waals surface area contributed by atoms with E-state index in [0.717, 1.165) is 16.7 Å². The van der Waals surface area contributed by atoms with E-state index in [1.807, 2.05) is 91.0 Å². The second-order valence-electron chi connectivity index (χ2n) is 10.3. The molecule has 1 heterocycles. The fraction of sp³-hybridized carbons (Fsp3) is 0.333. The fourth-order valence-corrected chi connectivity index (χ4v) is 4.50. The van der Waals surface area contributed by atoms with Crippen molar-refractivity contribution in [1.82, 2.24) is 10.9 Å². The van der Waals surface area contributed by atoms with Gasteiger partial charge in [0, 0.05) is 31.6 Å². The third-order valence-corrected chi connectivity index (χ3v) is 6.68. The Morgan fingerprint density at radius 1 is 1.07 bits per heavy atom. The minimum absolute atomic E-state index is 0.0727. The predicted octanol–water partition coefficient (Wildman–Crippen LogP) is 5.09. The van der Waals surface area contributed by atoms with Crippen molar-refractivity contribution in [2.75, 3.05) is 26.9 Å². The van der Waals surface area contributed by atoms with Crippen LogP contribution in [0.2, 0.25) is 0 Å². The van der Waals surface area contributed by atoms with Gasteiger partial charge in [0.15, 0.2) is 11.6 Å². The number of rotatable bonds is 14. The number of amides is 1. The molecule has 1 aliphatic heterocycles. The highest BCUT2D eigenvalue weighted by Crippen LogP contribution is 2.43. The van der Waals surface area contributed by atoms with Crippen LogP contribution in [0.5, 0.6) is 11.5 Å². The lowest BCUT2D eigenvalue weighted by molar-refractivity contribution is -0.129. The Labute approximate surface area is 242 Å². The zero-order valence-electron chi connectivity index (χ0n) is 23.9. The summed E-state index contributed by atoms with van der Waals surface area (Å²) >= 11 is 0. The molecule has 3 aromatic carbocycles. The predicted molar refractivity (Wildman–Crippen MR) is 161 cm³/mol.